The fourth-order valence-electron chi connectivity index (χ4n) is 1.54. The van der Waals surface area contributed by atoms with Crippen LogP contribution in [0.15, 0.2) is 24.3 Å². The standard InChI is InChI=1S/C14H20FNO4S/c1-4-12(9-21(18,19)10(2)3)16-14(17)20-13-7-5-11(15)6-8-13/h5-8,10,12H,4,9H2,1-3H3,(H,16,17). The van der Waals surface area contributed by atoms with Crippen LogP contribution >= 0.6 is 0 Å². The molecular weight excluding hydrogens is 297 g/mol. The molecule has 0 bridgehead atoms. The summed E-state index contributed by atoms with van der Waals surface area (Å²) in [4.78, 5) is 11.7. The zero-order valence-corrected chi connectivity index (χ0v) is 13.1. The lowest BCUT2D eigenvalue weighted by Gasteiger charge is -2.18. The van der Waals surface area contributed by atoms with E-state index in [0.717, 1.165) is 0 Å². The summed E-state index contributed by atoms with van der Waals surface area (Å²) in [5, 5.41) is 2.01. The van der Waals surface area contributed by atoms with Crippen molar-refractivity contribution >= 4 is 15.9 Å². The highest BCUT2D eigenvalue weighted by molar-refractivity contribution is 7.92. The quantitative estimate of drug-likeness (QED) is 0.875. The van der Waals surface area contributed by atoms with Gasteiger partial charge in [0.25, 0.3) is 0 Å². The SMILES string of the molecule is CCC(CS(=O)(=O)C(C)C)NC(=O)Oc1ccc(F)cc1. The van der Waals surface area contributed by atoms with E-state index >= 15 is 0 Å². The number of carbonyl (C=O) groups excluding carboxylic acids is 1. The smallest absolute Gasteiger partial charge is 0.410 e. The molecular formula is C14H20FNO4S. The minimum atomic E-state index is -3.25. The van der Waals surface area contributed by atoms with Gasteiger partial charge in [0.15, 0.2) is 9.84 Å². The minimum absolute atomic E-state index is 0.139. The van der Waals surface area contributed by atoms with Crippen molar-refractivity contribution in [3.8, 4) is 5.75 Å². The number of benzene rings is 1. The fourth-order valence-corrected chi connectivity index (χ4v) is 2.81. The Kier molecular flexibility index (Phi) is 6.14. The van der Waals surface area contributed by atoms with Crippen LogP contribution in [0.2, 0.25) is 0 Å². The molecule has 0 aliphatic heterocycles. The molecule has 0 saturated heterocycles. The number of ether oxygens (including phenoxy) is 1. The molecule has 118 valence electrons. The zero-order chi connectivity index (χ0) is 16.0. The Morgan fingerprint density at radius 2 is 1.86 bits per heavy atom. The predicted octanol–water partition coefficient (Wildman–Crippen LogP) is 2.52. The Morgan fingerprint density at radius 1 is 1.29 bits per heavy atom. The Balaban J connectivity index is 2.61. The van der Waals surface area contributed by atoms with Crippen LogP contribution in [-0.2, 0) is 9.84 Å². The molecule has 1 aromatic rings. The Morgan fingerprint density at radius 3 is 2.33 bits per heavy atom. The van der Waals surface area contributed by atoms with E-state index < -0.39 is 33.0 Å². The van der Waals surface area contributed by atoms with Crippen LogP contribution in [0.4, 0.5) is 9.18 Å². The zero-order valence-electron chi connectivity index (χ0n) is 12.3. The molecule has 0 heterocycles. The monoisotopic (exact) mass is 317 g/mol. The predicted molar refractivity (Wildman–Crippen MR) is 78.6 cm³/mol. The van der Waals surface area contributed by atoms with Gasteiger partial charge in [0.2, 0.25) is 0 Å². The molecule has 0 fully saturated rings. The molecule has 1 unspecified atom stereocenters. The van der Waals surface area contributed by atoms with Gasteiger partial charge < -0.3 is 10.1 Å². The van der Waals surface area contributed by atoms with Gasteiger partial charge in [-0.2, -0.15) is 0 Å². The highest BCUT2D eigenvalue weighted by atomic mass is 32.2. The van der Waals surface area contributed by atoms with Gasteiger partial charge in [-0.1, -0.05) is 6.92 Å². The third-order valence-electron chi connectivity index (χ3n) is 2.99. The summed E-state index contributed by atoms with van der Waals surface area (Å²) < 4.78 is 41.4. The number of hydrogen-bond donors (Lipinski definition) is 1. The van der Waals surface area contributed by atoms with Gasteiger partial charge in [-0.15, -0.1) is 0 Å². The van der Waals surface area contributed by atoms with Crippen molar-refractivity contribution in [2.24, 2.45) is 0 Å². The maximum Gasteiger partial charge on any atom is 0.412 e. The molecule has 1 rings (SSSR count). The number of nitrogens with one attached hydrogen (secondary N) is 1. The lowest BCUT2D eigenvalue weighted by atomic mass is 10.3. The van der Waals surface area contributed by atoms with E-state index in [2.05, 4.69) is 5.32 Å². The van der Waals surface area contributed by atoms with Gasteiger partial charge in [0, 0.05) is 6.04 Å². The van der Waals surface area contributed by atoms with Crippen LogP contribution in [0, 0.1) is 5.82 Å². The number of carbonyl (C=O) groups is 1. The van der Waals surface area contributed by atoms with E-state index in [1.165, 1.54) is 24.3 Å². The largest absolute Gasteiger partial charge is 0.412 e. The number of amides is 1. The van der Waals surface area contributed by atoms with E-state index in [-0.39, 0.29) is 11.5 Å². The third kappa shape index (κ3) is 5.71. The molecule has 1 aromatic carbocycles. The van der Waals surface area contributed by atoms with Crippen LogP contribution in [0.1, 0.15) is 27.2 Å². The number of hydrogen-bond acceptors (Lipinski definition) is 4. The van der Waals surface area contributed by atoms with E-state index in [1.807, 2.05) is 0 Å². The summed E-state index contributed by atoms with van der Waals surface area (Å²) in [6.07, 6.45) is -0.294. The van der Waals surface area contributed by atoms with Gasteiger partial charge in [-0.3, -0.25) is 0 Å². The molecule has 0 saturated carbocycles. The summed E-state index contributed by atoms with van der Waals surface area (Å²) in [5.74, 6) is -0.382. The number of halogens is 1. The summed E-state index contributed by atoms with van der Waals surface area (Å²) in [5.41, 5.74) is 0. The average Bonchev–Trinajstić information content (AvgIpc) is 2.40. The van der Waals surface area contributed by atoms with E-state index in [9.17, 15) is 17.6 Å². The number of rotatable bonds is 6. The molecule has 1 atom stereocenters. The van der Waals surface area contributed by atoms with Crippen LogP contribution in [0.25, 0.3) is 0 Å². The average molecular weight is 317 g/mol. The second-order valence-electron chi connectivity index (χ2n) is 4.97. The van der Waals surface area contributed by atoms with Crippen molar-refractivity contribution in [2.45, 2.75) is 38.5 Å². The lowest BCUT2D eigenvalue weighted by Crippen LogP contribution is -2.42. The molecule has 7 heteroatoms. The first-order chi connectivity index (χ1) is 9.74. The van der Waals surface area contributed by atoms with Gasteiger partial charge in [-0.25, -0.2) is 17.6 Å². The normalized spacial score (nSPS) is 13.0. The van der Waals surface area contributed by atoms with Crippen molar-refractivity contribution in [3.63, 3.8) is 0 Å². The third-order valence-corrected chi connectivity index (χ3v) is 5.29. The lowest BCUT2D eigenvalue weighted by molar-refractivity contribution is 0.196. The van der Waals surface area contributed by atoms with Crippen LogP contribution in [-0.4, -0.2) is 31.6 Å². The Labute approximate surface area is 124 Å². The van der Waals surface area contributed by atoms with Crippen molar-refractivity contribution in [2.75, 3.05) is 5.75 Å². The second-order valence-corrected chi connectivity index (χ2v) is 7.57. The van der Waals surface area contributed by atoms with Gasteiger partial charge in [0.1, 0.15) is 11.6 Å². The summed E-state index contributed by atoms with van der Waals surface area (Å²) in [7, 11) is -3.25. The Hall–Kier alpha value is -1.63. The van der Waals surface area contributed by atoms with Crippen LogP contribution in [0.3, 0.4) is 0 Å². The maximum atomic E-state index is 12.7. The first-order valence-corrected chi connectivity index (χ1v) is 8.41. The van der Waals surface area contributed by atoms with Crippen molar-refractivity contribution in [1.82, 2.24) is 5.32 Å². The highest BCUT2D eigenvalue weighted by Crippen LogP contribution is 2.12. The van der Waals surface area contributed by atoms with Crippen LogP contribution < -0.4 is 10.1 Å². The van der Waals surface area contributed by atoms with Gasteiger partial charge in [0.05, 0.1) is 11.0 Å². The van der Waals surface area contributed by atoms with Crippen molar-refractivity contribution < 1.29 is 22.3 Å². The molecule has 0 aliphatic rings. The molecule has 5 nitrogen and oxygen atoms in total. The van der Waals surface area contributed by atoms with Crippen molar-refractivity contribution in [3.05, 3.63) is 30.1 Å². The van der Waals surface area contributed by atoms with Gasteiger partial charge in [-0.05, 0) is 44.5 Å². The van der Waals surface area contributed by atoms with Crippen molar-refractivity contribution in [1.29, 1.82) is 0 Å². The highest BCUT2D eigenvalue weighted by Gasteiger charge is 2.23. The summed E-state index contributed by atoms with van der Waals surface area (Å²) >= 11 is 0. The topological polar surface area (TPSA) is 72.5 Å². The first-order valence-electron chi connectivity index (χ1n) is 6.70. The molecule has 1 amide bonds. The van der Waals surface area contributed by atoms with E-state index in [4.69, 9.17) is 4.74 Å². The molecule has 0 aliphatic carbocycles. The fraction of sp³-hybridized carbons (Fsp3) is 0.500. The van der Waals surface area contributed by atoms with E-state index in [1.54, 1.807) is 20.8 Å². The minimum Gasteiger partial charge on any atom is -0.410 e. The maximum absolute atomic E-state index is 12.7. The molecule has 0 spiro atoms. The van der Waals surface area contributed by atoms with Crippen LogP contribution in [0.5, 0.6) is 5.75 Å². The summed E-state index contributed by atoms with van der Waals surface area (Å²) in [6, 6.07) is 4.46. The van der Waals surface area contributed by atoms with E-state index in [0.29, 0.717) is 6.42 Å². The molecule has 21 heavy (non-hydrogen) atoms. The van der Waals surface area contributed by atoms with Gasteiger partial charge >= 0.3 is 6.09 Å². The molecule has 0 aromatic heterocycles. The number of sulfone groups is 1. The molecule has 1 N–H and O–H groups in total. The first kappa shape index (κ1) is 17.4. The molecule has 0 radical (unpaired) electrons. The summed E-state index contributed by atoms with van der Waals surface area (Å²) in [6.45, 7) is 4.97. The second kappa shape index (κ2) is 7.40. The Bertz CT molecular complexity index is 569.